The summed E-state index contributed by atoms with van der Waals surface area (Å²) in [5.74, 6) is 0. The summed E-state index contributed by atoms with van der Waals surface area (Å²) in [7, 11) is 0. The number of benzene rings is 1. The van der Waals surface area contributed by atoms with Crippen molar-refractivity contribution >= 4 is 25.3 Å². The third kappa shape index (κ3) is 20.0. The molecule has 1 aromatic carbocycles. The molecule has 1 aromatic rings. The van der Waals surface area contributed by atoms with Gasteiger partial charge in [0.2, 0.25) is 0 Å². The van der Waals surface area contributed by atoms with Crippen LogP contribution in [0.4, 0.5) is 0 Å². The van der Waals surface area contributed by atoms with Crippen LogP contribution in [0.1, 0.15) is 5.56 Å². The number of nitrogens with zero attached hydrogens (tertiary/aromatic N) is 2. The van der Waals surface area contributed by atoms with E-state index in [0.29, 0.717) is 6.54 Å². The van der Waals surface area contributed by atoms with Gasteiger partial charge in [0.15, 0.2) is 0 Å². The van der Waals surface area contributed by atoms with Crippen molar-refractivity contribution in [3.63, 3.8) is 0 Å². The Kier molecular flexibility index (Phi) is 26.0. The smallest absolute Gasteiger partial charge is 0.696 e. The Morgan fingerprint density at radius 2 is 1.60 bits per heavy atom. The van der Waals surface area contributed by atoms with Gasteiger partial charge in [-0.25, -0.2) is 5.26 Å². The first-order chi connectivity index (χ1) is 6.76. The molecule has 0 saturated carbocycles. The molecule has 6 heteroatoms. The quantitative estimate of drug-likeness (QED) is 0.276. The van der Waals surface area contributed by atoms with Crippen molar-refractivity contribution in [2.45, 2.75) is 6.54 Å². The zero-order valence-electron chi connectivity index (χ0n) is 8.42. The molecule has 0 amide bonds. The molecule has 0 saturated heterocycles. The summed E-state index contributed by atoms with van der Waals surface area (Å²) in [4.78, 5) is 0. The van der Waals surface area contributed by atoms with Crippen molar-refractivity contribution in [3.8, 4) is 10.8 Å². The van der Waals surface area contributed by atoms with Crippen LogP contribution < -0.4 is 35.3 Å². The van der Waals surface area contributed by atoms with E-state index >= 15 is 0 Å². The molecule has 1 rings (SSSR count). The number of nitriles is 2. The van der Waals surface area contributed by atoms with Crippen LogP contribution in [0.3, 0.4) is 0 Å². The molecule has 0 radical (unpaired) electrons. The number of thiol groups is 1. The van der Waals surface area contributed by atoms with E-state index in [1.807, 2.05) is 30.3 Å². The van der Waals surface area contributed by atoms with Crippen LogP contribution in [0.5, 0.6) is 0 Å². The molecule has 0 heterocycles. The molecular weight excluding hydrogens is 237 g/mol. The number of thiocyanates is 2. The molecular formula is C9H10N3NaS2. The minimum absolute atomic E-state index is 0. The zero-order chi connectivity index (χ0) is 11.2. The largest absolute Gasteiger partial charge is 1.00 e. The normalized spacial score (nSPS) is 5.87. The SMILES string of the molecule is N#CS.N#C[S-].NCc1ccccc1.[Na+]. The number of nitrogens with two attached hydrogens (primary N) is 1. The van der Waals surface area contributed by atoms with Crippen molar-refractivity contribution in [2.75, 3.05) is 0 Å². The van der Waals surface area contributed by atoms with Gasteiger partial charge in [-0.05, 0) is 5.56 Å². The van der Waals surface area contributed by atoms with Gasteiger partial charge in [0.05, 0.1) is 0 Å². The minimum Gasteiger partial charge on any atom is -0.696 e. The zero-order valence-corrected chi connectivity index (χ0v) is 12.1. The van der Waals surface area contributed by atoms with Crippen LogP contribution in [-0.4, -0.2) is 0 Å². The van der Waals surface area contributed by atoms with Crippen molar-refractivity contribution in [2.24, 2.45) is 5.73 Å². The standard InChI is InChI=1S/C7H9N.2CHNS.Na/c8-6-7-4-2-1-3-5-7;2*2-1-3;/h1-5H,6,8H2;2*3H;/q;;;+1/p-1. The third-order valence-corrected chi connectivity index (χ3v) is 1.08. The van der Waals surface area contributed by atoms with Crippen LogP contribution in [0.15, 0.2) is 30.3 Å². The molecule has 74 valence electrons. The van der Waals surface area contributed by atoms with Gasteiger partial charge in [-0.15, -0.1) is 0 Å². The topological polar surface area (TPSA) is 73.6 Å². The average Bonchev–Trinajstić information content (AvgIpc) is 2.21. The van der Waals surface area contributed by atoms with Gasteiger partial charge in [0.1, 0.15) is 5.40 Å². The van der Waals surface area contributed by atoms with E-state index < -0.39 is 0 Å². The number of rotatable bonds is 1. The van der Waals surface area contributed by atoms with Crippen molar-refractivity contribution in [3.05, 3.63) is 35.9 Å². The van der Waals surface area contributed by atoms with E-state index in [2.05, 4.69) is 25.3 Å². The molecule has 0 aliphatic rings. The van der Waals surface area contributed by atoms with Crippen LogP contribution >= 0.6 is 12.6 Å². The first-order valence-electron chi connectivity index (χ1n) is 3.55. The van der Waals surface area contributed by atoms with Crippen molar-refractivity contribution < 1.29 is 29.6 Å². The van der Waals surface area contributed by atoms with Crippen LogP contribution in [0, 0.1) is 21.3 Å². The summed E-state index contributed by atoms with van der Waals surface area (Å²) in [6.07, 6.45) is 0. The molecule has 0 bridgehead atoms. The first-order valence-corrected chi connectivity index (χ1v) is 4.40. The van der Waals surface area contributed by atoms with Crippen molar-refractivity contribution in [1.29, 1.82) is 10.5 Å². The molecule has 0 unspecified atom stereocenters. The Morgan fingerprint density at radius 3 is 1.80 bits per heavy atom. The molecule has 0 aliphatic heterocycles. The predicted molar refractivity (Wildman–Crippen MR) is 61.9 cm³/mol. The summed E-state index contributed by atoms with van der Waals surface area (Å²) in [6.45, 7) is 0.640. The third-order valence-electron chi connectivity index (χ3n) is 1.08. The van der Waals surface area contributed by atoms with Crippen LogP contribution in [-0.2, 0) is 19.2 Å². The van der Waals surface area contributed by atoms with E-state index in [4.69, 9.17) is 16.3 Å². The Balaban J connectivity index is -0.000000177. The van der Waals surface area contributed by atoms with Gasteiger partial charge < -0.3 is 18.4 Å². The fourth-order valence-corrected chi connectivity index (χ4v) is 0.614. The minimum atomic E-state index is 0. The maximum Gasteiger partial charge on any atom is 1.00 e. The average molecular weight is 247 g/mol. The fraction of sp³-hybridized carbons (Fsp3) is 0.111. The van der Waals surface area contributed by atoms with E-state index in [1.165, 1.54) is 16.4 Å². The number of hydrogen-bond acceptors (Lipinski definition) is 5. The molecule has 0 spiro atoms. The van der Waals surface area contributed by atoms with Gasteiger partial charge in [-0.3, -0.25) is 0 Å². The Labute approximate surface area is 123 Å². The molecule has 3 nitrogen and oxygen atoms in total. The monoisotopic (exact) mass is 247 g/mol. The van der Waals surface area contributed by atoms with E-state index in [9.17, 15) is 0 Å². The van der Waals surface area contributed by atoms with Gasteiger partial charge >= 0.3 is 29.6 Å². The van der Waals surface area contributed by atoms with E-state index in [1.54, 1.807) is 0 Å². The van der Waals surface area contributed by atoms with Crippen LogP contribution in [0.25, 0.3) is 0 Å². The summed E-state index contributed by atoms with van der Waals surface area (Å²) in [5.41, 5.74) is 6.54. The van der Waals surface area contributed by atoms with Gasteiger partial charge in [0, 0.05) is 6.54 Å². The van der Waals surface area contributed by atoms with Gasteiger partial charge in [-0.1, -0.05) is 48.4 Å². The van der Waals surface area contributed by atoms with Gasteiger partial charge in [0.25, 0.3) is 0 Å². The Bertz CT molecular complexity index is 280. The van der Waals surface area contributed by atoms with E-state index in [0.717, 1.165) is 0 Å². The van der Waals surface area contributed by atoms with E-state index in [-0.39, 0.29) is 29.6 Å². The Hall–Kier alpha value is -0.270. The molecule has 0 atom stereocenters. The first kappa shape index (κ1) is 20.2. The molecule has 0 aromatic heterocycles. The Morgan fingerprint density at radius 1 is 1.27 bits per heavy atom. The second-order valence-corrected chi connectivity index (χ2v) is 2.26. The van der Waals surface area contributed by atoms with Crippen molar-refractivity contribution in [1.82, 2.24) is 0 Å². The molecule has 0 fully saturated rings. The molecule has 2 N–H and O–H groups in total. The summed E-state index contributed by atoms with van der Waals surface area (Å²) in [6, 6.07) is 9.99. The second kappa shape index (κ2) is 19.3. The summed E-state index contributed by atoms with van der Waals surface area (Å²) in [5, 5.41) is 17.1. The number of hydrogen-bond donors (Lipinski definition) is 2. The maximum atomic E-state index is 7.18. The summed E-state index contributed by atoms with van der Waals surface area (Å²) < 4.78 is 0. The molecule has 15 heavy (non-hydrogen) atoms. The summed E-state index contributed by atoms with van der Waals surface area (Å²) >= 11 is 6.79. The fourth-order valence-electron chi connectivity index (χ4n) is 0.614. The molecule has 0 aliphatic carbocycles. The predicted octanol–water partition coefficient (Wildman–Crippen LogP) is -1.44. The van der Waals surface area contributed by atoms with Gasteiger partial charge in [-0.2, -0.15) is 5.26 Å². The second-order valence-electron chi connectivity index (χ2n) is 1.88. The maximum absolute atomic E-state index is 7.18. The van der Waals surface area contributed by atoms with Crippen LogP contribution in [0.2, 0.25) is 0 Å².